The first-order valence-electron chi connectivity index (χ1n) is 11.2. The molecule has 3 aromatic rings. The van der Waals surface area contributed by atoms with Gasteiger partial charge in [-0.15, -0.1) is 0 Å². The van der Waals surface area contributed by atoms with Gasteiger partial charge in [-0.1, -0.05) is 64.6 Å². The number of anilines is 1. The zero-order valence-electron chi connectivity index (χ0n) is 20.4. The van der Waals surface area contributed by atoms with E-state index >= 15 is 0 Å². The average Bonchev–Trinajstić information content (AvgIpc) is 2.87. The van der Waals surface area contributed by atoms with Crippen LogP contribution in [0.2, 0.25) is 15.1 Å². The number of halogens is 3. The molecule has 1 unspecified atom stereocenters. The topological polar surface area (TPSA) is 86.8 Å². The average molecular weight is 583 g/mol. The van der Waals surface area contributed by atoms with Gasteiger partial charge in [-0.25, -0.2) is 8.42 Å². The van der Waals surface area contributed by atoms with E-state index in [2.05, 4.69) is 5.32 Å². The number of likely N-dealkylation sites (N-methyl/N-ethyl adjacent to an activating group) is 1. The molecule has 0 heterocycles. The molecule has 0 saturated heterocycles. The number of hydrogen-bond donors (Lipinski definition) is 1. The van der Waals surface area contributed by atoms with Crippen molar-refractivity contribution in [1.82, 2.24) is 10.2 Å². The first-order chi connectivity index (χ1) is 17.4. The standard InChI is InChI=1S/C26H26Cl3N3O4S/c1-17-4-11-22(12-5-17)37(35,36)32(24-14-21(28)10-13-23(24)29)16-25(33)31(18(2)26(34)30-3)15-19-6-8-20(27)9-7-19/h4-14,18H,15-16H2,1-3H3,(H,30,34). The van der Waals surface area contributed by atoms with E-state index in [-0.39, 0.29) is 27.2 Å². The molecule has 0 aliphatic heterocycles. The zero-order chi connectivity index (χ0) is 27.3. The summed E-state index contributed by atoms with van der Waals surface area (Å²) in [6, 6.07) is 16.5. The maximum atomic E-state index is 13.8. The van der Waals surface area contributed by atoms with Crippen molar-refractivity contribution in [3.63, 3.8) is 0 Å². The summed E-state index contributed by atoms with van der Waals surface area (Å²) < 4.78 is 28.5. The third kappa shape index (κ3) is 6.96. The van der Waals surface area contributed by atoms with Crippen molar-refractivity contribution in [2.45, 2.75) is 31.3 Å². The van der Waals surface area contributed by atoms with E-state index in [0.29, 0.717) is 10.6 Å². The van der Waals surface area contributed by atoms with Crippen LogP contribution in [0.5, 0.6) is 0 Å². The number of nitrogens with one attached hydrogen (secondary N) is 1. The summed E-state index contributed by atoms with van der Waals surface area (Å²) in [6.07, 6.45) is 0. The molecular weight excluding hydrogens is 557 g/mol. The molecule has 1 atom stereocenters. The molecule has 0 saturated carbocycles. The van der Waals surface area contributed by atoms with Crippen LogP contribution in [0.15, 0.2) is 71.6 Å². The quantitative estimate of drug-likeness (QED) is 0.370. The number of amides is 2. The van der Waals surface area contributed by atoms with Gasteiger partial charge in [-0.05, 0) is 61.9 Å². The Morgan fingerprint density at radius 1 is 0.919 bits per heavy atom. The molecule has 0 aliphatic rings. The van der Waals surface area contributed by atoms with Crippen molar-refractivity contribution in [2.24, 2.45) is 0 Å². The summed E-state index contributed by atoms with van der Waals surface area (Å²) in [5, 5.41) is 3.39. The Morgan fingerprint density at radius 2 is 1.51 bits per heavy atom. The van der Waals surface area contributed by atoms with E-state index in [4.69, 9.17) is 34.8 Å². The monoisotopic (exact) mass is 581 g/mol. The molecule has 0 spiro atoms. The number of rotatable bonds is 9. The fourth-order valence-corrected chi connectivity index (χ4v) is 5.59. The highest BCUT2D eigenvalue weighted by Gasteiger charge is 2.33. The lowest BCUT2D eigenvalue weighted by Gasteiger charge is -2.32. The Labute approximate surface area is 232 Å². The van der Waals surface area contributed by atoms with Crippen LogP contribution < -0.4 is 9.62 Å². The van der Waals surface area contributed by atoms with E-state index in [1.165, 1.54) is 42.3 Å². The summed E-state index contributed by atoms with van der Waals surface area (Å²) in [5.41, 5.74) is 1.63. The van der Waals surface area contributed by atoms with Gasteiger partial charge in [0.1, 0.15) is 12.6 Å². The van der Waals surface area contributed by atoms with Crippen molar-refractivity contribution >= 4 is 62.3 Å². The van der Waals surface area contributed by atoms with Crippen LogP contribution in [0, 0.1) is 6.92 Å². The third-order valence-corrected chi connectivity index (χ3v) is 8.33. The van der Waals surface area contributed by atoms with E-state index < -0.39 is 34.4 Å². The number of hydrogen-bond acceptors (Lipinski definition) is 4. The van der Waals surface area contributed by atoms with E-state index in [1.54, 1.807) is 43.3 Å². The second kappa shape index (κ2) is 12.2. The molecule has 3 rings (SSSR count). The highest BCUT2D eigenvalue weighted by Crippen LogP contribution is 2.33. The molecule has 0 fully saturated rings. The van der Waals surface area contributed by atoms with E-state index in [9.17, 15) is 18.0 Å². The third-order valence-electron chi connectivity index (χ3n) is 5.74. The maximum absolute atomic E-state index is 13.8. The van der Waals surface area contributed by atoms with Gasteiger partial charge in [0.15, 0.2) is 0 Å². The van der Waals surface area contributed by atoms with Gasteiger partial charge in [0, 0.05) is 23.6 Å². The molecule has 0 aliphatic carbocycles. The fraction of sp³-hybridized carbons (Fsp3) is 0.231. The number of benzene rings is 3. The molecule has 3 aromatic carbocycles. The van der Waals surface area contributed by atoms with Gasteiger partial charge in [0.25, 0.3) is 10.0 Å². The summed E-state index contributed by atoms with van der Waals surface area (Å²) in [5.74, 6) is -1.02. The lowest BCUT2D eigenvalue weighted by Crippen LogP contribution is -2.50. The minimum Gasteiger partial charge on any atom is -0.357 e. The zero-order valence-corrected chi connectivity index (χ0v) is 23.5. The number of aryl methyl sites for hydroxylation is 1. The van der Waals surface area contributed by atoms with Gasteiger partial charge in [-0.2, -0.15) is 0 Å². The highest BCUT2D eigenvalue weighted by molar-refractivity contribution is 7.92. The van der Waals surface area contributed by atoms with Crippen LogP contribution >= 0.6 is 34.8 Å². The number of sulfonamides is 1. The molecule has 11 heteroatoms. The minimum absolute atomic E-state index is 0.0226. The summed E-state index contributed by atoms with van der Waals surface area (Å²) in [7, 11) is -2.78. The van der Waals surface area contributed by atoms with Crippen LogP contribution in [-0.4, -0.2) is 44.8 Å². The first kappa shape index (κ1) is 28.8. The minimum atomic E-state index is -4.24. The molecule has 0 radical (unpaired) electrons. The lowest BCUT2D eigenvalue weighted by molar-refractivity contribution is -0.139. The second-order valence-electron chi connectivity index (χ2n) is 8.36. The molecule has 196 valence electrons. The largest absolute Gasteiger partial charge is 0.357 e. The highest BCUT2D eigenvalue weighted by atomic mass is 35.5. The summed E-state index contributed by atoms with van der Waals surface area (Å²) in [4.78, 5) is 27.5. The van der Waals surface area contributed by atoms with Crippen LogP contribution in [0.3, 0.4) is 0 Å². The molecular formula is C26H26Cl3N3O4S. The van der Waals surface area contributed by atoms with Crippen molar-refractivity contribution in [3.05, 3.63) is 92.9 Å². The second-order valence-corrected chi connectivity index (χ2v) is 11.5. The normalized spacial score (nSPS) is 12.1. The van der Waals surface area contributed by atoms with Crippen LogP contribution in [0.4, 0.5) is 5.69 Å². The number of carbonyl (C=O) groups is 2. The van der Waals surface area contributed by atoms with Crippen molar-refractivity contribution < 1.29 is 18.0 Å². The Hall–Kier alpha value is -2.78. The molecule has 1 N–H and O–H groups in total. The van der Waals surface area contributed by atoms with E-state index in [0.717, 1.165) is 9.87 Å². The maximum Gasteiger partial charge on any atom is 0.264 e. The van der Waals surface area contributed by atoms with Crippen LogP contribution in [0.25, 0.3) is 0 Å². The number of nitrogens with zero attached hydrogens (tertiary/aromatic N) is 2. The molecule has 0 aromatic heterocycles. The van der Waals surface area contributed by atoms with Crippen molar-refractivity contribution in [3.8, 4) is 0 Å². The van der Waals surface area contributed by atoms with Crippen LogP contribution in [-0.2, 0) is 26.2 Å². The van der Waals surface area contributed by atoms with Gasteiger partial charge in [0.05, 0.1) is 15.6 Å². The molecule has 2 amide bonds. The molecule has 7 nitrogen and oxygen atoms in total. The Kier molecular flexibility index (Phi) is 9.47. The summed E-state index contributed by atoms with van der Waals surface area (Å²) in [6.45, 7) is 2.83. The van der Waals surface area contributed by atoms with Gasteiger partial charge in [0.2, 0.25) is 11.8 Å². The van der Waals surface area contributed by atoms with Gasteiger partial charge in [-0.3, -0.25) is 13.9 Å². The predicted octanol–water partition coefficient (Wildman–Crippen LogP) is 5.31. The van der Waals surface area contributed by atoms with Gasteiger partial charge >= 0.3 is 0 Å². The predicted molar refractivity (Wildman–Crippen MR) is 148 cm³/mol. The first-order valence-corrected chi connectivity index (χ1v) is 13.8. The SMILES string of the molecule is CNC(=O)C(C)N(Cc1ccc(Cl)cc1)C(=O)CN(c1cc(Cl)ccc1Cl)S(=O)(=O)c1ccc(C)cc1. The van der Waals surface area contributed by atoms with Crippen LogP contribution in [0.1, 0.15) is 18.1 Å². The summed E-state index contributed by atoms with van der Waals surface area (Å²) >= 11 is 18.5. The lowest BCUT2D eigenvalue weighted by atomic mass is 10.1. The Bertz CT molecular complexity index is 1380. The van der Waals surface area contributed by atoms with E-state index in [1.807, 2.05) is 6.92 Å². The molecule has 37 heavy (non-hydrogen) atoms. The smallest absolute Gasteiger partial charge is 0.264 e. The van der Waals surface area contributed by atoms with Crippen molar-refractivity contribution in [2.75, 3.05) is 17.9 Å². The Balaban J connectivity index is 2.07. The van der Waals surface area contributed by atoms with Gasteiger partial charge < -0.3 is 10.2 Å². The van der Waals surface area contributed by atoms with Crippen molar-refractivity contribution in [1.29, 1.82) is 0 Å². The number of carbonyl (C=O) groups excluding carboxylic acids is 2. The molecule has 0 bridgehead atoms. The fourth-order valence-electron chi connectivity index (χ4n) is 3.61. The Morgan fingerprint density at radius 3 is 2.11 bits per heavy atom.